The van der Waals surface area contributed by atoms with Gasteiger partial charge in [0.15, 0.2) is 0 Å². The summed E-state index contributed by atoms with van der Waals surface area (Å²) in [7, 11) is 1.63. The van der Waals surface area contributed by atoms with Crippen molar-refractivity contribution in [1.82, 2.24) is 15.0 Å². The highest BCUT2D eigenvalue weighted by Crippen LogP contribution is 2.58. The zero-order chi connectivity index (χ0) is 19.4. The molecule has 0 atom stereocenters. The van der Waals surface area contributed by atoms with E-state index in [4.69, 9.17) is 0 Å². The number of alkyl halides is 2. The van der Waals surface area contributed by atoms with Crippen LogP contribution in [0.2, 0.25) is 0 Å². The van der Waals surface area contributed by atoms with Gasteiger partial charge in [-0.05, 0) is 12.8 Å². The summed E-state index contributed by atoms with van der Waals surface area (Å²) in [6, 6.07) is 3.42. The van der Waals surface area contributed by atoms with Gasteiger partial charge in [-0.15, -0.1) is 0 Å². The van der Waals surface area contributed by atoms with Gasteiger partial charge in [0.05, 0.1) is 5.69 Å². The Balaban J connectivity index is 1.81. The van der Waals surface area contributed by atoms with Crippen LogP contribution in [0.25, 0.3) is 0 Å². The minimum absolute atomic E-state index is 0.0171. The standard InChI is InChI=1S/C18H20F2N6O/c1-10(27)23-14-6-12-11(8-22-14)18(4-5-18)9-26(12)15-7-13(21-3)24-16(25-15)17(2,19)20/h6-8H,4-5,9H2,1-3H3,(H,21,24,25)(H,22,23,27). The normalized spacial score (nSPS) is 17.0. The van der Waals surface area contributed by atoms with E-state index in [0.29, 0.717) is 24.0 Å². The van der Waals surface area contributed by atoms with E-state index in [0.717, 1.165) is 31.0 Å². The Morgan fingerprint density at radius 2 is 2.00 bits per heavy atom. The van der Waals surface area contributed by atoms with Crippen molar-refractivity contribution in [2.75, 3.05) is 29.1 Å². The summed E-state index contributed by atoms with van der Waals surface area (Å²) in [4.78, 5) is 25.6. The number of amides is 1. The molecule has 2 aromatic heterocycles. The molecule has 142 valence electrons. The second kappa shape index (κ2) is 5.83. The number of hydrogen-bond donors (Lipinski definition) is 2. The molecule has 27 heavy (non-hydrogen) atoms. The van der Waals surface area contributed by atoms with Gasteiger partial charge >= 0.3 is 5.92 Å². The topological polar surface area (TPSA) is 83.0 Å². The predicted molar refractivity (Wildman–Crippen MR) is 97.6 cm³/mol. The lowest BCUT2D eigenvalue weighted by Gasteiger charge is -2.21. The predicted octanol–water partition coefficient (Wildman–Crippen LogP) is 3.17. The highest BCUT2D eigenvalue weighted by Gasteiger charge is 2.52. The van der Waals surface area contributed by atoms with Crippen LogP contribution >= 0.6 is 0 Å². The first kappa shape index (κ1) is 17.6. The van der Waals surface area contributed by atoms with Gasteiger partial charge in [0.1, 0.15) is 17.5 Å². The van der Waals surface area contributed by atoms with E-state index in [1.807, 2.05) is 4.90 Å². The first-order valence-electron chi connectivity index (χ1n) is 8.73. The molecule has 9 heteroatoms. The molecule has 1 spiro atoms. The first-order chi connectivity index (χ1) is 12.7. The van der Waals surface area contributed by atoms with Crippen molar-refractivity contribution in [2.24, 2.45) is 0 Å². The quantitative estimate of drug-likeness (QED) is 0.855. The van der Waals surface area contributed by atoms with Crippen LogP contribution in [0.5, 0.6) is 0 Å². The molecule has 1 aliphatic carbocycles. The fraction of sp³-hybridized carbons (Fsp3) is 0.444. The lowest BCUT2D eigenvalue weighted by atomic mass is 10.0. The van der Waals surface area contributed by atoms with E-state index in [9.17, 15) is 13.6 Å². The number of hydrogen-bond acceptors (Lipinski definition) is 6. The summed E-state index contributed by atoms with van der Waals surface area (Å²) in [5.41, 5.74) is 1.87. The summed E-state index contributed by atoms with van der Waals surface area (Å²) < 4.78 is 27.8. The molecule has 2 aromatic rings. The van der Waals surface area contributed by atoms with Crippen molar-refractivity contribution in [3.8, 4) is 0 Å². The number of anilines is 4. The van der Waals surface area contributed by atoms with Crippen LogP contribution in [0, 0.1) is 0 Å². The van der Waals surface area contributed by atoms with Crippen molar-refractivity contribution < 1.29 is 13.6 Å². The van der Waals surface area contributed by atoms with Gasteiger partial charge in [0.2, 0.25) is 11.7 Å². The monoisotopic (exact) mass is 374 g/mol. The van der Waals surface area contributed by atoms with Gasteiger partial charge in [-0.2, -0.15) is 8.78 Å². The van der Waals surface area contributed by atoms with Crippen molar-refractivity contribution in [1.29, 1.82) is 0 Å². The number of rotatable bonds is 4. The molecular weight excluding hydrogens is 354 g/mol. The molecule has 0 saturated heterocycles. The van der Waals surface area contributed by atoms with Crippen LogP contribution in [0.1, 0.15) is 38.1 Å². The molecule has 0 radical (unpaired) electrons. The minimum Gasteiger partial charge on any atom is -0.373 e. The molecule has 1 saturated carbocycles. The SMILES string of the molecule is CNc1cc(N2CC3(CC3)c3cnc(NC(C)=O)cc32)nc(C(C)(F)F)n1. The van der Waals surface area contributed by atoms with Gasteiger partial charge in [-0.25, -0.2) is 15.0 Å². The van der Waals surface area contributed by atoms with E-state index in [-0.39, 0.29) is 11.3 Å². The van der Waals surface area contributed by atoms with E-state index in [1.54, 1.807) is 25.4 Å². The van der Waals surface area contributed by atoms with Gasteiger partial charge in [-0.1, -0.05) is 0 Å². The molecule has 2 N–H and O–H groups in total. The number of carbonyl (C=O) groups is 1. The number of fused-ring (bicyclic) bond motifs is 2. The lowest BCUT2D eigenvalue weighted by molar-refractivity contribution is -0.114. The minimum atomic E-state index is -3.15. The van der Waals surface area contributed by atoms with Crippen LogP contribution in [0.15, 0.2) is 18.3 Å². The molecule has 7 nitrogen and oxygen atoms in total. The molecule has 0 aromatic carbocycles. The van der Waals surface area contributed by atoms with E-state index >= 15 is 0 Å². The van der Waals surface area contributed by atoms with Gasteiger partial charge in [0.25, 0.3) is 0 Å². The van der Waals surface area contributed by atoms with Crippen LogP contribution in [0.4, 0.5) is 31.9 Å². The number of carbonyl (C=O) groups excluding carboxylic acids is 1. The average molecular weight is 374 g/mol. The molecule has 3 heterocycles. The summed E-state index contributed by atoms with van der Waals surface area (Å²) >= 11 is 0. The number of pyridine rings is 1. The summed E-state index contributed by atoms with van der Waals surface area (Å²) in [6.07, 6.45) is 3.79. The third-order valence-corrected chi connectivity index (χ3v) is 5.00. The fourth-order valence-corrected chi connectivity index (χ4v) is 3.48. The largest absolute Gasteiger partial charge is 0.373 e. The Kier molecular flexibility index (Phi) is 3.79. The molecule has 4 rings (SSSR count). The maximum absolute atomic E-state index is 13.9. The highest BCUT2D eigenvalue weighted by atomic mass is 19.3. The van der Waals surface area contributed by atoms with Crippen molar-refractivity contribution in [3.05, 3.63) is 29.7 Å². The zero-order valence-corrected chi connectivity index (χ0v) is 15.3. The lowest BCUT2D eigenvalue weighted by Crippen LogP contribution is -2.23. The second-order valence-electron chi connectivity index (χ2n) is 7.21. The van der Waals surface area contributed by atoms with Gasteiger partial charge in [0, 0.05) is 56.7 Å². The summed E-state index contributed by atoms with van der Waals surface area (Å²) in [5.74, 6) is -2.75. The molecule has 1 amide bonds. The Labute approximate surface area is 155 Å². The zero-order valence-electron chi connectivity index (χ0n) is 15.3. The molecule has 1 fully saturated rings. The fourth-order valence-electron chi connectivity index (χ4n) is 3.48. The molecule has 2 aliphatic rings. The Morgan fingerprint density at radius 1 is 1.26 bits per heavy atom. The van der Waals surface area contributed by atoms with Crippen LogP contribution < -0.4 is 15.5 Å². The summed E-state index contributed by atoms with van der Waals surface area (Å²) in [5, 5.41) is 5.49. The third kappa shape index (κ3) is 3.07. The third-order valence-electron chi connectivity index (χ3n) is 5.00. The molecule has 1 aliphatic heterocycles. The Bertz CT molecular complexity index is 923. The number of nitrogens with one attached hydrogen (secondary N) is 2. The molecular formula is C18H20F2N6O. The van der Waals surface area contributed by atoms with Gasteiger partial charge < -0.3 is 15.5 Å². The van der Waals surface area contributed by atoms with Gasteiger partial charge in [-0.3, -0.25) is 4.79 Å². The summed E-state index contributed by atoms with van der Waals surface area (Å²) in [6.45, 7) is 2.83. The van der Waals surface area contributed by atoms with E-state index < -0.39 is 11.7 Å². The number of aromatic nitrogens is 3. The second-order valence-corrected chi connectivity index (χ2v) is 7.21. The number of nitrogens with zero attached hydrogens (tertiary/aromatic N) is 4. The van der Waals surface area contributed by atoms with Crippen LogP contribution in [-0.2, 0) is 16.1 Å². The molecule has 0 bridgehead atoms. The van der Waals surface area contributed by atoms with E-state index in [2.05, 4.69) is 25.6 Å². The first-order valence-corrected chi connectivity index (χ1v) is 8.73. The smallest absolute Gasteiger partial charge is 0.303 e. The average Bonchev–Trinajstić information content (AvgIpc) is 3.31. The maximum Gasteiger partial charge on any atom is 0.303 e. The highest BCUT2D eigenvalue weighted by molar-refractivity contribution is 5.89. The van der Waals surface area contributed by atoms with Crippen molar-refractivity contribution >= 4 is 29.0 Å². The van der Waals surface area contributed by atoms with Crippen LogP contribution in [-0.4, -0.2) is 34.5 Å². The van der Waals surface area contributed by atoms with Crippen LogP contribution in [0.3, 0.4) is 0 Å². The van der Waals surface area contributed by atoms with E-state index in [1.165, 1.54) is 6.92 Å². The number of halogens is 2. The maximum atomic E-state index is 13.9. The Morgan fingerprint density at radius 3 is 2.59 bits per heavy atom. The molecule has 0 unspecified atom stereocenters. The van der Waals surface area contributed by atoms with Crippen molar-refractivity contribution in [2.45, 2.75) is 38.0 Å². The Hall–Kier alpha value is -2.84. The van der Waals surface area contributed by atoms with Crippen molar-refractivity contribution in [3.63, 3.8) is 0 Å².